The zero-order chi connectivity index (χ0) is 24.0. The van der Waals surface area contributed by atoms with Crippen molar-refractivity contribution in [2.45, 2.75) is 5.16 Å². The largest absolute Gasteiger partial charge is 0.367 e. The Kier molecular flexibility index (Phi) is 7.11. The van der Waals surface area contributed by atoms with Crippen molar-refractivity contribution in [3.05, 3.63) is 84.9 Å². The first kappa shape index (κ1) is 23.1. The van der Waals surface area contributed by atoms with Gasteiger partial charge in [-0.05, 0) is 31.3 Å². The molecule has 1 aliphatic rings. The first-order valence-electron chi connectivity index (χ1n) is 11.7. The molecule has 2 heterocycles. The predicted molar refractivity (Wildman–Crippen MR) is 142 cm³/mol. The third-order valence-electron chi connectivity index (χ3n) is 6.03. The van der Waals surface area contributed by atoms with E-state index in [1.165, 1.54) is 11.8 Å². The van der Waals surface area contributed by atoms with Crippen LogP contribution in [0.15, 0.2) is 90.1 Å². The number of anilines is 2. The second-order valence-electron chi connectivity index (χ2n) is 8.49. The number of carbonyl (C=O) groups is 1. The van der Waals surface area contributed by atoms with Gasteiger partial charge in [0.25, 0.3) is 0 Å². The van der Waals surface area contributed by atoms with Gasteiger partial charge in [-0.2, -0.15) is 0 Å². The van der Waals surface area contributed by atoms with Gasteiger partial charge in [-0.3, -0.25) is 9.36 Å². The number of carbonyl (C=O) groups excluding carboxylic acids is 1. The lowest BCUT2D eigenvalue weighted by Gasteiger charge is -2.35. The molecule has 0 atom stereocenters. The average Bonchev–Trinajstić information content (AvgIpc) is 3.33. The maximum atomic E-state index is 13.0. The topological polar surface area (TPSA) is 66.3 Å². The first-order valence-corrected chi connectivity index (χ1v) is 12.7. The molecule has 0 unspecified atom stereocenters. The van der Waals surface area contributed by atoms with E-state index in [4.69, 9.17) is 0 Å². The molecule has 0 aliphatic carbocycles. The number of rotatable bonds is 7. The second kappa shape index (κ2) is 10.8. The molecule has 178 valence electrons. The summed E-state index contributed by atoms with van der Waals surface area (Å²) in [4.78, 5) is 17.6. The lowest BCUT2D eigenvalue weighted by molar-refractivity contribution is -0.113. The van der Waals surface area contributed by atoms with Crippen molar-refractivity contribution in [3.63, 3.8) is 0 Å². The molecule has 0 spiro atoms. The maximum Gasteiger partial charge on any atom is 0.234 e. The number of likely N-dealkylation sites (N-methyl/N-ethyl adjacent to an activating group) is 1. The minimum absolute atomic E-state index is 0.0690. The Morgan fingerprint density at radius 2 is 1.51 bits per heavy atom. The van der Waals surface area contributed by atoms with Gasteiger partial charge < -0.3 is 15.1 Å². The van der Waals surface area contributed by atoms with Crippen molar-refractivity contribution < 1.29 is 4.79 Å². The highest BCUT2D eigenvalue weighted by Gasteiger charge is 2.20. The van der Waals surface area contributed by atoms with Crippen molar-refractivity contribution in [1.29, 1.82) is 0 Å². The molecular formula is C27H28N6OS. The van der Waals surface area contributed by atoms with Crippen LogP contribution in [0.2, 0.25) is 0 Å². The van der Waals surface area contributed by atoms with E-state index in [9.17, 15) is 4.79 Å². The third-order valence-corrected chi connectivity index (χ3v) is 6.96. The number of para-hydroxylation sites is 3. The molecule has 0 bridgehead atoms. The molecule has 0 radical (unpaired) electrons. The van der Waals surface area contributed by atoms with Gasteiger partial charge in [0.2, 0.25) is 5.91 Å². The molecule has 5 rings (SSSR count). The van der Waals surface area contributed by atoms with Crippen LogP contribution in [0, 0.1) is 0 Å². The van der Waals surface area contributed by atoms with Crippen LogP contribution in [-0.2, 0) is 4.79 Å². The van der Waals surface area contributed by atoms with Crippen LogP contribution in [0.4, 0.5) is 11.4 Å². The van der Waals surface area contributed by atoms with Crippen LogP contribution in [0.5, 0.6) is 0 Å². The second-order valence-corrected chi connectivity index (χ2v) is 9.43. The molecule has 8 heteroatoms. The maximum absolute atomic E-state index is 13.0. The number of nitrogens with zero attached hydrogens (tertiary/aromatic N) is 5. The van der Waals surface area contributed by atoms with E-state index in [1.54, 1.807) is 0 Å². The van der Waals surface area contributed by atoms with Crippen molar-refractivity contribution >= 4 is 29.0 Å². The number of thioether (sulfide) groups is 1. The highest BCUT2D eigenvalue weighted by atomic mass is 32.2. The highest BCUT2D eigenvalue weighted by Crippen LogP contribution is 2.29. The fourth-order valence-electron chi connectivity index (χ4n) is 4.17. The van der Waals surface area contributed by atoms with Crippen LogP contribution < -0.4 is 10.2 Å². The quantitative estimate of drug-likeness (QED) is 0.392. The van der Waals surface area contributed by atoms with Crippen LogP contribution >= 0.6 is 11.8 Å². The first-order chi connectivity index (χ1) is 17.2. The summed E-state index contributed by atoms with van der Waals surface area (Å²) >= 11 is 1.38. The number of nitrogens with one attached hydrogen (secondary N) is 1. The van der Waals surface area contributed by atoms with E-state index >= 15 is 0 Å². The van der Waals surface area contributed by atoms with Gasteiger partial charge in [0.1, 0.15) is 0 Å². The summed E-state index contributed by atoms with van der Waals surface area (Å²) in [6, 6.07) is 28.0. The Labute approximate surface area is 209 Å². The minimum Gasteiger partial charge on any atom is -0.367 e. The van der Waals surface area contributed by atoms with Crippen molar-refractivity contribution in [3.8, 4) is 17.1 Å². The van der Waals surface area contributed by atoms with Crippen LogP contribution in [0.25, 0.3) is 17.1 Å². The summed E-state index contributed by atoms with van der Waals surface area (Å²) in [7, 11) is 2.14. The summed E-state index contributed by atoms with van der Waals surface area (Å²) < 4.78 is 2.01. The van der Waals surface area contributed by atoms with Crippen molar-refractivity contribution in [2.75, 3.05) is 49.2 Å². The standard InChI is InChI=1S/C27H28N6OS/c1-31-16-18-32(19-17-31)24-15-9-8-14-23(24)28-25(34)20-35-27-30-29-26(21-10-4-2-5-11-21)33(27)22-12-6-3-7-13-22/h2-15H,16-20H2,1H3,(H,28,34). The van der Waals surface area contributed by atoms with Gasteiger partial charge >= 0.3 is 0 Å². The molecule has 35 heavy (non-hydrogen) atoms. The van der Waals surface area contributed by atoms with Gasteiger partial charge in [0.05, 0.1) is 17.1 Å². The molecule has 1 fully saturated rings. The van der Waals surface area contributed by atoms with Crippen molar-refractivity contribution in [2.24, 2.45) is 0 Å². The molecule has 4 aromatic rings. The average molecular weight is 485 g/mol. The van der Waals surface area contributed by atoms with Gasteiger partial charge in [0.15, 0.2) is 11.0 Å². The molecule has 1 aliphatic heterocycles. The summed E-state index contributed by atoms with van der Waals surface area (Å²) in [6.07, 6.45) is 0. The van der Waals surface area contributed by atoms with E-state index in [-0.39, 0.29) is 11.7 Å². The van der Waals surface area contributed by atoms with Crippen LogP contribution in [-0.4, -0.2) is 64.6 Å². The fourth-order valence-corrected chi connectivity index (χ4v) is 4.92. The normalized spacial score (nSPS) is 14.1. The predicted octanol–water partition coefficient (Wildman–Crippen LogP) is 4.42. The fraction of sp³-hybridized carbons (Fsp3) is 0.222. The zero-order valence-electron chi connectivity index (χ0n) is 19.7. The Morgan fingerprint density at radius 1 is 0.857 bits per heavy atom. The summed E-state index contributed by atoms with van der Waals surface area (Å²) in [6.45, 7) is 3.91. The number of piperazine rings is 1. The molecule has 1 saturated heterocycles. The monoisotopic (exact) mass is 484 g/mol. The molecule has 1 aromatic heterocycles. The van der Waals surface area contributed by atoms with Gasteiger partial charge in [-0.25, -0.2) is 0 Å². The Hall–Kier alpha value is -3.62. The molecule has 7 nitrogen and oxygen atoms in total. The summed E-state index contributed by atoms with van der Waals surface area (Å²) in [5.74, 6) is 0.914. The lowest BCUT2D eigenvalue weighted by atomic mass is 10.2. The summed E-state index contributed by atoms with van der Waals surface area (Å²) in [5, 5.41) is 12.7. The Morgan fingerprint density at radius 3 is 2.26 bits per heavy atom. The van der Waals surface area contributed by atoms with Crippen LogP contribution in [0.3, 0.4) is 0 Å². The number of aromatic nitrogens is 3. The smallest absolute Gasteiger partial charge is 0.234 e. The van der Waals surface area contributed by atoms with Gasteiger partial charge in [-0.1, -0.05) is 72.4 Å². The molecule has 3 aromatic carbocycles. The SMILES string of the molecule is CN1CCN(c2ccccc2NC(=O)CSc2nnc(-c3ccccc3)n2-c2ccccc2)CC1. The van der Waals surface area contributed by atoms with Crippen molar-refractivity contribution in [1.82, 2.24) is 19.7 Å². The zero-order valence-corrected chi connectivity index (χ0v) is 20.5. The number of hydrogen-bond donors (Lipinski definition) is 1. The van der Waals surface area contributed by atoms with Gasteiger partial charge in [-0.15, -0.1) is 10.2 Å². The molecular weight excluding hydrogens is 456 g/mol. The minimum atomic E-state index is -0.0690. The van der Waals surface area contributed by atoms with E-state index in [2.05, 4.69) is 38.4 Å². The van der Waals surface area contributed by atoms with E-state index in [1.807, 2.05) is 83.4 Å². The Balaban J connectivity index is 1.33. The number of amides is 1. The summed E-state index contributed by atoms with van der Waals surface area (Å²) in [5.41, 5.74) is 3.84. The van der Waals surface area contributed by atoms with Gasteiger partial charge in [0, 0.05) is 37.4 Å². The lowest BCUT2D eigenvalue weighted by Crippen LogP contribution is -2.44. The van der Waals surface area contributed by atoms with E-state index < -0.39 is 0 Å². The van der Waals surface area contributed by atoms with Crippen LogP contribution in [0.1, 0.15) is 0 Å². The molecule has 0 saturated carbocycles. The van der Waals surface area contributed by atoms with E-state index in [0.717, 1.165) is 54.6 Å². The van der Waals surface area contributed by atoms with E-state index in [0.29, 0.717) is 5.16 Å². The Bertz CT molecular complexity index is 1270. The molecule has 1 amide bonds. The third kappa shape index (κ3) is 5.39. The number of hydrogen-bond acceptors (Lipinski definition) is 6. The molecule has 1 N–H and O–H groups in total. The number of benzene rings is 3. The highest BCUT2D eigenvalue weighted by molar-refractivity contribution is 7.99.